The highest BCUT2D eigenvalue weighted by molar-refractivity contribution is 5.87. The Hall–Kier alpha value is -0.510. The number of carboxylic acid groups (broad SMARTS) is 1. The molecule has 0 spiro atoms. The summed E-state index contributed by atoms with van der Waals surface area (Å²) in [5, 5.41) is 8.34. The van der Waals surface area contributed by atoms with Crippen molar-refractivity contribution in [3.8, 4) is 0 Å². The minimum atomic E-state index is -0.942. The van der Waals surface area contributed by atoms with E-state index in [9.17, 15) is 4.79 Å². The Balaban J connectivity index is -0.000000270. The topological polar surface area (TPSA) is 50.2 Å². The second-order valence-electron chi connectivity index (χ2n) is 1.55. The summed E-state index contributed by atoms with van der Waals surface area (Å²) in [6.07, 6.45) is 2.84. The SMILES string of the molecule is Cl.Cl.Cl.O=C(O)c1cccnc1. The summed E-state index contributed by atoms with van der Waals surface area (Å²) in [5.41, 5.74) is 0.220. The van der Waals surface area contributed by atoms with E-state index in [1.807, 2.05) is 0 Å². The van der Waals surface area contributed by atoms with Gasteiger partial charge < -0.3 is 5.11 Å². The molecule has 0 aromatic carbocycles. The lowest BCUT2D eigenvalue weighted by Gasteiger charge is -1.87. The normalized spacial score (nSPS) is 6.67. The van der Waals surface area contributed by atoms with E-state index >= 15 is 0 Å². The number of aromatic nitrogens is 1. The molecule has 0 unspecified atom stereocenters. The van der Waals surface area contributed by atoms with Crippen LogP contribution < -0.4 is 0 Å². The van der Waals surface area contributed by atoms with Crippen LogP contribution in [0.5, 0.6) is 0 Å². The van der Waals surface area contributed by atoms with E-state index in [0.717, 1.165) is 0 Å². The van der Waals surface area contributed by atoms with Crippen LogP contribution in [0.4, 0.5) is 0 Å². The van der Waals surface area contributed by atoms with Gasteiger partial charge in [0.1, 0.15) is 0 Å². The fourth-order valence-corrected chi connectivity index (χ4v) is 0.489. The third-order valence-corrected chi connectivity index (χ3v) is 0.908. The van der Waals surface area contributed by atoms with Gasteiger partial charge in [-0.3, -0.25) is 4.98 Å². The molecular formula is C6H8Cl3NO2. The minimum Gasteiger partial charge on any atom is -0.478 e. The fraction of sp³-hybridized carbons (Fsp3) is 0. The van der Waals surface area contributed by atoms with Crippen molar-refractivity contribution in [2.75, 3.05) is 0 Å². The fourth-order valence-electron chi connectivity index (χ4n) is 0.489. The lowest BCUT2D eigenvalue weighted by Crippen LogP contribution is -1.94. The van der Waals surface area contributed by atoms with Gasteiger partial charge in [-0.15, -0.1) is 37.2 Å². The molecule has 0 aliphatic carbocycles. The summed E-state index contributed by atoms with van der Waals surface area (Å²) in [7, 11) is 0. The maximum Gasteiger partial charge on any atom is 0.337 e. The van der Waals surface area contributed by atoms with Crippen LogP contribution in [0.3, 0.4) is 0 Å². The predicted octanol–water partition coefficient (Wildman–Crippen LogP) is 2.05. The van der Waals surface area contributed by atoms with E-state index in [-0.39, 0.29) is 42.8 Å². The molecule has 0 bridgehead atoms. The van der Waals surface area contributed by atoms with E-state index in [1.165, 1.54) is 18.5 Å². The predicted molar refractivity (Wildman–Crippen MR) is 52.9 cm³/mol. The number of nitrogens with zero attached hydrogens (tertiary/aromatic N) is 1. The van der Waals surface area contributed by atoms with Gasteiger partial charge in [0.15, 0.2) is 0 Å². The molecule has 0 amide bonds. The molecule has 6 heteroatoms. The second-order valence-corrected chi connectivity index (χ2v) is 1.55. The van der Waals surface area contributed by atoms with Crippen molar-refractivity contribution in [1.29, 1.82) is 0 Å². The summed E-state index contributed by atoms with van der Waals surface area (Å²) in [5.74, 6) is -0.942. The Morgan fingerprint density at radius 1 is 1.33 bits per heavy atom. The molecule has 1 aromatic rings. The maximum absolute atomic E-state index is 10.2. The summed E-state index contributed by atoms with van der Waals surface area (Å²) in [6.45, 7) is 0. The molecule has 3 nitrogen and oxygen atoms in total. The number of hydrogen-bond acceptors (Lipinski definition) is 2. The first-order chi connectivity index (χ1) is 4.30. The van der Waals surface area contributed by atoms with Crippen LogP contribution >= 0.6 is 37.2 Å². The zero-order valence-corrected chi connectivity index (χ0v) is 8.29. The van der Waals surface area contributed by atoms with Crippen molar-refractivity contribution in [1.82, 2.24) is 4.98 Å². The smallest absolute Gasteiger partial charge is 0.337 e. The number of aromatic carboxylic acids is 1. The first kappa shape index (κ1) is 17.5. The quantitative estimate of drug-likeness (QED) is 0.806. The number of pyridine rings is 1. The number of hydrogen-bond donors (Lipinski definition) is 1. The maximum atomic E-state index is 10.2. The second kappa shape index (κ2) is 8.59. The standard InChI is InChI=1S/C6H5NO2.3ClH/c8-6(9)5-2-1-3-7-4-5;;;/h1-4H,(H,8,9);3*1H. The number of carbonyl (C=O) groups is 1. The van der Waals surface area contributed by atoms with Crippen molar-refractivity contribution in [3.63, 3.8) is 0 Å². The third kappa shape index (κ3) is 5.18. The molecule has 0 fully saturated rings. The molecule has 70 valence electrons. The molecule has 1 rings (SSSR count). The first-order valence-electron chi connectivity index (χ1n) is 2.44. The highest BCUT2D eigenvalue weighted by Gasteiger charge is 1.97. The highest BCUT2D eigenvalue weighted by Crippen LogP contribution is 1.92. The van der Waals surface area contributed by atoms with Crippen LogP contribution in [-0.4, -0.2) is 16.1 Å². The molecule has 0 saturated carbocycles. The average Bonchev–Trinajstić information content (AvgIpc) is 1.90. The molecule has 0 atom stereocenters. The van der Waals surface area contributed by atoms with Crippen molar-refractivity contribution in [2.45, 2.75) is 0 Å². The number of rotatable bonds is 1. The van der Waals surface area contributed by atoms with Crippen LogP contribution in [0.1, 0.15) is 10.4 Å². The van der Waals surface area contributed by atoms with Gasteiger partial charge in [0.25, 0.3) is 0 Å². The summed E-state index contributed by atoms with van der Waals surface area (Å²) in [6, 6.07) is 3.08. The average molecular weight is 232 g/mol. The van der Waals surface area contributed by atoms with Crippen molar-refractivity contribution in [3.05, 3.63) is 30.1 Å². The summed E-state index contributed by atoms with van der Waals surface area (Å²) < 4.78 is 0. The molecule has 1 aromatic heterocycles. The van der Waals surface area contributed by atoms with Gasteiger partial charge in [-0.2, -0.15) is 0 Å². The van der Waals surface area contributed by atoms with Gasteiger partial charge in [-0.05, 0) is 12.1 Å². The number of halogens is 3. The Morgan fingerprint density at radius 2 is 1.92 bits per heavy atom. The highest BCUT2D eigenvalue weighted by atomic mass is 35.5. The monoisotopic (exact) mass is 231 g/mol. The van der Waals surface area contributed by atoms with E-state index < -0.39 is 5.97 Å². The molecule has 0 aliphatic heterocycles. The third-order valence-electron chi connectivity index (χ3n) is 0.908. The lowest BCUT2D eigenvalue weighted by molar-refractivity contribution is 0.0696. The Labute approximate surface area is 88.4 Å². The van der Waals surface area contributed by atoms with E-state index in [4.69, 9.17) is 5.11 Å². The van der Waals surface area contributed by atoms with Crippen LogP contribution in [0.15, 0.2) is 24.5 Å². The van der Waals surface area contributed by atoms with Gasteiger partial charge in [-0.1, -0.05) is 0 Å². The Morgan fingerprint density at radius 3 is 2.17 bits per heavy atom. The summed E-state index contributed by atoms with van der Waals surface area (Å²) in [4.78, 5) is 13.8. The van der Waals surface area contributed by atoms with Gasteiger partial charge in [0.2, 0.25) is 0 Å². The molecule has 1 heterocycles. The van der Waals surface area contributed by atoms with Crippen LogP contribution in [0.25, 0.3) is 0 Å². The number of carboxylic acids is 1. The van der Waals surface area contributed by atoms with E-state index in [2.05, 4.69) is 4.98 Å². The van der Waals surface area contributed by atoms with Crippen molar-refractivity contribution in [2.24, 2.45) is 0 Å². The van der Waals surface area contributed by atoms with Gasteiger partial charge >= 0.3 is 5.97 Å². The molecule has 0 aliphatic rings. The lowest BCUT2D eigenvalue weighted by atomic mass is 10.3. The molecule has 0 saturated heterocycles. The van der Waals surface area contributed by atoms with Crippen molar-refractivity contribution < 1.29 is 9.90 Å². The zero-order valence-electron chi connectivity index (χ0n) is 5.84. The van der Waals surface area contributed by atoms with E-state index in [1.54, 1.807) is 6.07 Å². The zero-order chi connectivity index (χ0) is 6.69. The van der Waals surface area contributed by atoms with Crippen LogP contribution in [0.2, 0.25) is 0 Å². The van der Waals surface area contributed by atoms with Crippen LogP contribution in [-0.2, 0) is 0 Å². The van der Waals surface area contributed by atoms with E-state index in [0.29, 0.717) is 0 Å². The van der Waals surface area contributed by atoms with Crippen molar-refractivity contribution >= 4 is 43.2 Å². The molecule has 12 heavy (non-hydrogen) atoms. The summed E-state index contributed by atoms with van der Waals surface area (Å²) >= 11 is 0. The van der Waals surface area contributed by atoms with Gasteiger partial charge in [-0.25, -0.2) is 4.79 Å². The van der Waals surface area contributed by atoms with Crippen LogP contribution in [0, 0.1) is 0 Å². The van der Waals surface area contributed by atoms with Gasteiger partial charge in [0, 0.05) is 12.4 Å². The minimum absolute atomic E-state index is 0. The van der Waals surface area contributed by atoms with Gasteiger partial charge in [0.05, 0.1) is 5.56 Å². The molecule has 0 radical (unpaired) electrons. The first-order valence-corrected chi connectivity index (χ1v) is 2.44. The molecular weight excluding hydrogens is 224 g/mol. The largest absolute Gasteiger partial charge is 0.478 e. The molecule has 1 N–H and O–H groups in total. The Bertz CT molecular complexity index is 217. The Kier molecular flexibility index (Phi) is 12.5.